The molecule has 0 saturated heterocycles. The van der Waals surface area contributed by atoms with Crippen LogP contribution in [0.25, 0.3) is 17.1 Å². The monoisotopic (exact) mass is 418 g/mol. The molecule has 3 rings (SSSR count). The minimum atomic E-state index is -3.86. The lowest BCUT2D eigenvalue weighted by molar-refractivity contribution is 0.0804. The molecule has 29 heavy (non-hydrogen) atoms. The fourth-order valence-electron chi connectivity index (χ4n) is 2.44. The third-order valence-corrected chi connectivity index (χ3v) is 5.23. The van der Waals surface area contributed by atoms with Gasteiger partial charge in [-0.05, 0) is 38.7 Å². The van der Waals surface area contributed by atoms with E-state index >= 15 is 0 Å². The first-order valence-electron chi connectivity index (χ1n) is 8.65. The Hall–Kier alpha value is -2.93. The number of benzene rings is 1. The molecular weight excluding hydrogens is 396 g/mol. The van der Waals surface area contributed by atoms with Gasteiger partial charge >= 0.3 is 0 Å². The number of nitrogen functional groups attached to an aromatic ring is 1. The number of sulfonamides is 1. The second-order valence-corrected chi connectivity index (χ2v) is 8.16. The molecule has 1 aromatic carbocycles. The maximum Gasteiger partial charge on any atom is 0.262 e. The average molecular weight is 418 g/mol. The van der Waals surface area contributed by atoms with Crippen molar-refractivity contribution < 1.29 is 13.3 Å². The van der Waals surface area contributed by atoms with E-state index in [0.29, 0.717) is 23.6 Å². The van der Waals surface area contributed by atoms with E-state index in [9.17, 15) is 8.42 Å². The van der Waals surface area contributed by atoms with Gasteiger partial charge in [-0.1, -0.05) is 11.0 Å². The average Bonchev–Trinajstić information content (AvgIpc) is 3.20. The van der Waals surface area contributed by atoms with E-state index < -0.39 is 10.0 Å². The van der Waals surface area contributed by atoms with Crippen molar-refractivity contribution in [2.24, 2.45) is 0 Å². The SMILES string of the molecule is Cc1ccc(S(=O)(=O)NOCCN(C)C)cc1-c1cnc(N)c(-n2cncn2)n1. The van der Waals surface area contributed by atoms with Gasteiger partial charge in [0, 0.05) is 12.1 Å². The molecule has 0 atom stereocenters. The normalized spacial score (nSPS) is 11.9. The molecule has 3 aromatic rings. The van der Waals surface area contributed by atoms with Crippen molar-refractivity contribution in [3.05, 3.63) is 42.6 Å². The number of hydrogen-bond donors (Lipinski definition) is 2. The van der Waals surface area contributed by atoms with Crippen LogP contribution < -0.4 is 10.6 Å². The van der Waals surface area contributed by atoms with E-state index in [0.717, 1.165) is 5.56 Å². The van der Waals surface area contributed by atoms with Crippen molar-refractivity contribution in [2.45, 2.75) is 11.8 Å². The summed E-state index contributed by atoms with van der Waals surface area (Å²) >= 11 is 0. The van der Waals surface area contributed by atoms with Crippen molar-refractivity contribution in [2.75, 3.05) is 33.0 Å². The summed E-state index contributed by atoms with van der Waals surface area (Å²) in [6.45, 7) is 2.64. The molecule has 0 radical (unpaired) electrons. The zero-order valence-corrected chi connectivity index (χ0v) is 17.1. The highest BCUT2D eigenvalue weighted by Gasteiger charge is 2.18. The summed E-state index contributed by atoms with van der Waals surface area (Å²) < 4.78 is 26.5. The van der Waals surface area contributed by atoms with E-state index in [1.165, 1.54) is 35.7 Å². The molecule has 11 nitrogen and oxygen atoms in total. The third-order valence-electron chi connectivity index (χ3n) is 4.02. The Bertz CT molecular complexity index is 1080. The Labute approximate surface area is 168 Å². The van der Waals surface area contributed by atoms with Crippen LogP contribution >= 0.6 is 0 Å². The third kappa shape index (κ3) is 4.92. The summed E-state index contributed by atoms with van der Waals surface area (Å²) in [5.74, 6) is 0.481. The van der Waals surface area contributed by atoms with Gasteiger partial charge in [0.05, 0.1) is 23.4 Å². The predicted molar refractivity (Wildman–Crippen MR) is 106 cm³/mol. The highest BCUT2D eigenvalue weighted by Crippen LogP contribution is 2.26. The molecule has 0 unspecified atom stereocenters. The molecule has 12 heteroatoms. The van der Waals surface area contributed by atoms with Crippen LogP contribution in [-0.4, -0.2) is 65.3 Å². The van der Waals surface area contributed by atoms with Gasteiger partial charge in [-0.2, -0.15) is 9.78 Å². The molecule has 0 spiro atoms. The van der Waals surface area contributed by atoms with Gasteiger partial charge in [0.15, 0.2) is 11.6 Å². The summed E-state index contributed by atoms with van der Waals surface area (Å²) in [5.41, 5.74) is 7.76. The Kier molecular flexibility index (Phi) is 6.17. The van der Waals surface area contributed by atoms with Crippen molar-refractivity contribution in [1.82, 2.24) is 34.5 Å². The second kappa shape index (κ2) is 8.61. The van der Waals surface area contributed by atoms with Crippen molar-refractivity contribution in [1.29, 1.82) is 0 Å². The first-order valence-corrected chi connectivity index (χ1v) is 10.1. The fourth-order valence-corrected chi connectivity index (χ4v) is 3.30. The largest absolute Gasteiger partial charge is 0.381 e. The van der Waals surface area contributed by atoms with Crippen LogP contribution in [0.3, 0.4) is 0 Å². The Balaban J connectivity index is 1.91. The number of nitrogens with two attached hydrogens (primary N) is 1. The van der Waals surface area contributed by atoms with Crippen molar-refractivity contribution in [3.8, 4) is 17.1 Å². The summed E-state index contributed by atoms with van der Waals surface area (Å²) in [5, 5.41) is 4.01. The zero-order valence-electron chi connectivity index (χ0n) is 16.3. The number of likely N-dealkylation sites (N-methyl/N-ethyl adjacent to an activating group) is 1. The van der Waals surface area contributed by atoms with Gasteiger partial charge in [0.2, 0.25) is 0 Å². The Morgan fingerprint density at radius 1 is 1.31 bits per heavy atom. The molecule has 0 fully saturated rings. The number of aryl methyl sites for hydroxylation is 1. The van der Waals surface area contributed by atoms with E-state index in [1.807, 2.05) is 25.9 Å². The van der Waals surface area contributed by atoms with Crippen molar-refractivity contribution >= 4 is 15.8 Å². The van der Waals surface area contributed by atoms with Crippen LogP contribution in [0.2, 0.25) is 0 Å². The van der Waals surface area contributed by atoms with Gasteiger partial charge < -0.3 is 10.6 Å². The van der Waals surface area contributed by atoms with Crippen LogP contribution in [0, 0.1) is 6.92 Å². The maximum absolute atomic E-state index is 12.6. The van der Waals surface area contributed by atoms with E-state index in [-0.39, 0.29) is 17.3 Å². The first-order chi connectivity index (χ1) is 13.8. The van der Waals surface area contributed by atoms with Crippen molar-refractivity contribution in [3.63, 3.8) is 0 Å². The minimum absolute atomic E-state index is 0.0453. The molecule has 3 N–H and O–H groups in total. The molecule has 154 valence electrons. The van der Waals surface area contributed by atoms with Gasteiger partial charge in [-0.3, -0.25) is 4.84 Å². The summed E-state index contributed by atoms with van der Waals surface area (Å²) in [6.07, 6.45) is 4.29. The molecule has 0 bridgehead atoms. The quantitative estimate of drug-likeness (QED) is 0.392. The highest BCUT2D eigenvalue weighted by atomic mass is 32.2. The van der Waals surface area contributed by atoms with Gasteiger partial charge in [-0.15, -0.1) is 0 Å². The number of anilines is 1. The molecular formula is C17H22N8O3S. The number of aromatic nitrogens is 5. The van der Waals surface area contributed by atoms with Crippen LogP contribution in [0.15, 0.2) is 41.9 Å². The van der Waals surface area contributed by atoms with Gasteiger partial charge in [0.25, 0.3) is 10.0 Å². The lowest BCUT2D eigenvalue weighted by Gasteiger charge is -2.13. The van der Waals surface area contributed by atoms with E-state index in [1.54, 1.807) is 6.07 Å². The van der Waals surface area contributed by atoms with Crippen LogP contribution in [0.1, 0.15) is 5.56 Å². The number of nitrogens with one attached hydrogen (secondary N) is 1. The topological polar surface area (TPSA) is 141 Å². The molecule has 0 aliphatic carbocycles. The molecule has 0 saturated carbocycles. The first kappa shape index (κ1) is 20.8. The van der Waals surface area contributed by atoms with E-state index in [2.05, 4.69) is 24.9 Å². The smallest absolute Gasteiger partial charge is 0.262 e. The van der Waals surface area contributed by atoms with Gasteiger partial charge in [0.1, 0.15) is 12.7 Å². The number of rotatable bonds is 8. The van der Waals surface area contributed by atoms with Crippen LogP contribution in [-0.2, 0) is 14.9 Å². The predicted octanol–water partition coefficient (Wildman–Crippen LogP) is 0.386. The van der Waals surface area contributed by atoms with E-state index in [4.69, 9.17) is 10.6 Å². The number of hydrogen-bond acceptors (Lipinski definition) is 9. The Morgan fingerprint density at radius 2 is 2.10 bits per heavy atom. The second-order valence-electron chi connectivity index (χ2n) is 6.52. The molecule has 2 heterocycles. The maximum atomic E-state index is 12.6. The highest BCUT2D eigenvalue weighted by molar-refractivity contribution is 7.89. The number of nitrogens with zero attached hydrogens (tertiary/aromatic N) is 6. The summed E-state index contributed by atoms with van der Waals surface area (Å²) in [7, 11) is -0.125. The lowest BCUT2D eigenvalue weighted by Crippen LogP contribution is -2.28. The zero-order chi connectivity index (χ0) is 21.0. The summed E-state index contributed by atoms with van der Waals surface area (Å²) in [6, 6.07) is 4.70. The lowest BCUT2D eigenvalue weighted by atomic mass is 10.1. The fraction of sp³-hybridized carbons (Fsp3) is 0.294. The van der Waals surface area contributed by atoms with Gasteiger partial charge in [-0.25, -0.2) is 23.4 Å². The van der Waals surface area contributed by atoms with Crippen LogP contribution in [0.4, 0.5) is 5.82 Å². The molecule has 0 amide bonds. The molecule has 0 aliphatic rings. The standard InChI is InChI=1S/C17H22N8O3S/c1-12-4-5-13(29(26,27)23-28-7-6-24(2)3)8-14(12)15-9-20-16(18)17(22-15)25-11-19-10-21-25/h4-5,8-11,23H,6-7H2,1-3H3,(H2,18,20). The minimum Gasteiger partial charge on any atom is -0.381 e. The molecule has 2 aromatic heterocycles. The molecule has 0 aliphatic heterocycles. The Morgan fingerprint density at radius 3 is 2.79 bits per heavy atom. The van der Waals surface area contributed by atoms with Crippen LogP contribution in [0.5, 0.6) is 0 Å². The summed E-state index contributed by atoms with van der Waals surface area (Å²) in [4.78, 5) is 21.7.